The van der Waals surface area contributed by atoms with Crippen molar-refractivity contribution in [3.8, 4) is 0 Å². The van der Waals surface area contributed by atoms with Gasteiger partial charge in [-0.25, -0.2) is 4.79 Å². The lowest BCUT2D eigenvalue weighted by Gasteiger charge is -2.11. The number of carbonyl (C=O) groups excluding carboxylic acids is 1. The average molecular weight is 219 g/mol. The van der Waals surface area contributed by atoms with Gasteiger partial charge in [-0.05, 0) is 30.0 Å². The molecule has 0 radical (unpaired) electrons. The molecular formula is C13H17NO2. The highest BCUT2D eigenvalue weighted by Gasteiger charge is 2.24. The molecule has 0 aromatic heterocycles. The molecular weight excluding hydrogens is 202 g/mol. The van der Waals surface area contributed by atoms with Crippen LogP contribution in [0, 0.1) is 5.92 Å². The van der Waals surface area contributed by atoms with E-state index in [-0.39, 0.29) is 12.0 Å². The lowest BCUT2D eigenvalue weighted by atomic mass is 10.0. The van der Waals surface area contributed by atoms with Crippen molar-refractivity contribution in [1.29, 1.82) is 0 Å². The van der Waals surface area contributed by atoms with Gasteiger partial charge in [0, 0.05) is 6.04 Å². The van der Waals surface area contributed by atoms with Crippen molar-refractivity contribution < 1.29 is 9.53 Å². The van der Waals surface area contributed by atoms with Crippen molar-refractivity contribution in [2.75, 3.05) is 7.11 Å². The van der Waals surface area contributed by atoms with Gasteiger partial charge in [0.1, 0.15) is 0 Å². The Morgan fingerprint density at radius 3 is 2.56 bits per heavy atom. The van der Waals surface area contributed by atoms with Crippen LogP contribution >= 0.6 is 0 Å². The fraction of sp³-hybridized carbons (Fsp3) is 0.462. The molecule has 1 aromatic carbocycles. The Hall–Kier alpha value is -1.35. The molecule has 0 amide bonds. The van der Waals surface area contributed by atoms with Gasteiger partial charge in [-0.3, -0.25) is 0 Å². The van der Waals surface area contributed by atoms with Crippen LogP contribution in [0.5, 0.6) is 0 Å². The number of hydrogen-bond donors (Lipinski definition) is 1. The van der Waals surface area contributed by atoms with Gasteiger partial charge < -0.3 is 10.5 Å². The molecule has 1 aromatic rings. The zero-order chi connectivity index (χ0) is 11.5. The lowest BCUT2D eigenvalue weighted by Crippen LogP contribution is -2.11. The third-order valence-electron chi connectivity index (χ3n) is 3.04. The second kappa shape index (κ2) is 4.66. The van der Waals surface area contributed by atoms with Crippen LogP contribution in [0.1, 0.15) is 41.2 Å². The second-order valence-corrected chi connectivity index (χ2v) is 4.40. The molecule has 1 atom stereocenters. The zero-order valence-electron chi connectivity index (χ0n) is 9.48. The van der Waals surface area contributed by atoms with Crippen LogP contribution in [0.4, 0.5) is 0 Å². The SMILES string of the molecule is COC(=O)c1ccc([C@@H](N)CC2CC2)cc1. The van der Waals surface area contributed by atoms with Crippen LogP contribution in [0.2, 0.25) is 0 Å². The van der Waals surface area contributed by atoms with Gasteiger partial charge >= 0.3 is 5.97 Å². The molecule has 1 saturated carbocycles. The topological polar surface area (TPSA) is 52.3 Å². The summed E-state index contributed by atoms with van der Waals surface area (Å²) < 4.78 is 4.64. The van der Waals surface area contributed by atoms with Crippen molar-refractivity contribution in [2.45, 2.75) is 25.3 Å². The van der Waals surface area contributed by atoms with E-state index in [4.69, 9.17) is 5.73 Å². The summed E-state index contributed by atoms with van der Waals surface area (Å²) in [5, 5.41) is 0. The molecule has 0 unspecified atom stereocenters. The average Bonchev–Trinajstić information content (AvgIpc) is 3.12. The molecule has 3 nitrogen and oxygen atoms in total. The number of methoxy groups -OCH3 is 1. The predicted molar refractivity (Wildman–Crippen MR) is 62.1 cm³/mol. The summed E-state index contributed by atoms with van der Waals surface area (Å²) in [6.07, 6.45) is 3.68. The Kier molecular flexibility index (Phi) is 3.25. The van der Waals surface area contributed by atoms with E-state index in [0.29, 0.717) is 5.56 Å². The number of rotatable bonds is 4. The van der Waals surface area contributed by atoms with Gasteiger partial charge in [0.15, 0.2) is 0 Å². The van der Waals surface area contributed by atoms with Gasteiger partial charge in [-0.1, -0.05) is 25.0 Å². The summed E-state index contributed by atoms with van der Waals surface area (Å²) in [7, 11) is 1.38. The molecule has 0 heterocycles. The quantitative estimate of drug-likeness (QED) is 0.790. The number of esters is 1. The van der Waals surface area contributed by atoms with Gasteiger partial charge in [0.2, 0.25) is 0 Å². The first-order valence-electron chi connectivity index (χ1n) is 5.64. The summed E-state index contributed by atoms with van der Waals surface area (Å²) in [6.45, 7) is 0. The van der Waals surface area contributed by atoms with Crippen molar-refractivity contribution in [3.05, 3.63) is 35.4 Å². The van der Waals surface area contributed by atoms with Gasteiger partial charge in [-0.2, -0.15) is 0 Å². The number of carbonyl (C=O) groups is 1. The fourth-order valence-corrected chi connectivity index (χ4v) is 1.83. The van der Waals surface area contributed by atoms with Crippen molar-refractivity contribution in [2.24, 2.45) is 11.7 Å². The highest BCUT2D eigenvalue weighted by Crippen LogP contribution is 2.36. The lowest BCUT2D eigenvalue weighted by molar-refractivity contribution is 0.0600. The first kappa shape index (κ1) is 11.1. The van der Waals surface area contributed by atoms with Crippen molar-refractivity contribution >= 4 is 5.97 Å². The van der Waals surface area contributed by atoms with Crippen LogP contribution in [-0.4, -0.2) is 13.1 Å². The van der Waals surface area contributed by atoms with Crippen LogP contribution in [0.15, 0.2) is 24.3 Å². The van der Waals surface area contributed by atoms with E-state index in [1.165, 1.54) is 20.0 Å². The first-order valence-corrected chi connectivity index (χ1v) is 5.64. The monoisotopic (exact) mass is 219 g/mol. The Morgan fingerprint density at radius 2 is 2.06 bits per heavy atom. The highest BCUT2D eigenvalue weighted by atomic mass is 16.5. The summed E-state index contributed by atoms with van der Waals surface area (Å²) >= 11 is 0. The minimum absolute atomic E-state index is 0.0965. The Bertz CT molecular complexity index is 368. The van der Waals surface area contributed by atoms with Gasteiger partial charge in [0.05, 0.1) is 12.7 Å². The fourth-order valence-electron chi connectivity index (χ4n) is 1.83. The summed E-state index contributed by atoms with van der Waals surface area (Å²) in [5.41, 5.74) is 7.75. The molecule has 86 valence electrons. The molecule has 2 N–H and O–H groups in total. The molecule has 0 saturated heterocycles. The summed E-state index contributed by atoms with van der Waals surface area (Å²) in [4.78, 5) is 11.2. The highest BCUT2D eigenvalue weighted by molar-refractivity contribution is 5.89. The first-order chi connectivity index (χ1) is 7.70. The predicted octanol–water partition coefficient (Wildman–Crippen LogP) is 2.27. The Balaban J connectivity index is 2.02. The Morgan fingerprint density at radius 1 is 1.44 bits per heavy atom. The molecule has 2 rings (SSSR count). The number of hydrogen-bond acceptors (Lipinski definition) is 3. The molecule has 16 heavy (non-hydrogen) atoms. The van der Waals surface area contributed by atoms with E-state index in [1.807, 2.05) is 12.1 Å². The van der Waals surface area contributed by atoms with Crippen molar-refractivity contribution in [3.63, 3.8) is 0 Å². The molecule has 0 aliphatic heterocycles. The maximum atomic E-state index is 11.2. The van der Waals surface area contributed by atoms with E-state index < -0.39 is 0 Å². The van der Waals surface area contributed by atoms with Crippen LogP contribution in [0.3, 0.4) is 0 Å². The number of benzene rings is 1. The molecule has 1 aliphatic rings. The van der Waals surface area contributed by atoms with E-state index in [9.17, 15) is 4.79 Å². The van der Waals surface area contributed by atoms with E-state index in [0.717, 1.165) is 17.9 Å². The smallest absolute Gasteiger partial charge is 0.337 e. The normalized spacial score (nSPS) is 16.9. The molecule has 0 spiro atoms. The number of nitrogens with two attached hydrogens (primary N) is 1. The van der Waals surface area contributed by atoms with E-state index in [2.05, 4.69) is 4.74 Å². The second-order valence-electron chi connectivity index (χ2n) is 4.40. The Labute approximate surface area is 95.6 Å². The third kappa shape index (κ3) is 2.61. The molecule has 1 aliphatic carbocycles. The van der Waals surface area contributed by atoms with E-state index in [1.54, 1.807) is 12.1 Å². The van der Waals surface area contributed by atoms with Crippen LogP contribution in [-0.2, 0) is 4.74 Å². The molecule has 0 bridgehead atoms. The standard InChI is InChI=1S/C13H17NO2/c1-16-13(15)11-6-4-10(5-7-11)12(14)8-9-2-3-9/h4-7,9,12H,2-3,8,14H2,1H3/t12-/m0/s1. The molecule has 1 fully saturated rings. The van der Waals surface area contributed by atoms with Crippen LogP contribution in [0.25, 0.3) is 0 Å². The largest absolute Gasteiger partial charge is 0.465 e. The summed E-state index contributed by atoms with van der Waals surface area (Å²) in [6, 6.07) is 7.47. The summed E-state index contributed by atoms with van der Waals surface area (Å²) in [5.74, 6) is 0.512. The van der Waals surface area contributed by atoms with Gasteiger partial charge in [-0.15, -0.1) is 0 Å². The molecule has 3 heteroatoms. The van der Waals surface area contributed by atoms with Crippen molar-refractivity contribution in [1.82, 2.24) is 0 Å². The van der Waals surface area contributed by atoms with E-state index >= 15 is 0 Å². The zero-order valence-corrected chi connectivity index (χ0v) is 9.48. The maximum Gasteiger partial charge on any atom is 0.337 e. The number of ether oxygens (including phenoxy) is 1. The minimum Gasteiger partial charge on any atom is -0.465 e. The minimum atomic E-state index is -0.303. The van der Waals surface area contributed by atoms with Crippen LogP contribution < -0.4 is 5.73 Å². The van der Waals surface area contributed by atoms with Gasteiger partial charge in [0.25, 0.3) is 0 Å². The maximum absolute atomic E-state index is 11.2. The third-order valence-corrected chi connectivity index (χ3v) is 3.04.